The first-order valence-corrected chi connectivity index (χ1v) is 16.3. The molecule has 0 fully saturated rings. The third kappa shape index (κ3) is 22.3. The van der Waals surface area contributed by atoms with Crippen molar-refractivity contribution in [2.75, 3.05) is 54.6 Å². The summed E-state index contributed by atoms with van der Waals surface area (Å²) in [6.07, 6.45) is 22.6. The minimum Gasteiger partial charge on any atom is -0.381 e. The molecule has 39 heavy (non-hydrogen) atoms. The van der Waals surface area contributed by atoms with Crippen molar-refractivity contribution >= 4 is 11.8 Å². The molecule has 0 radical (unpaired) electrons. The average Bonchev–Trinajstić information content (AvgIpc) is 2.91. The van der Waals surface area contributed by atoms with Crippen molar-refractivity contribution in [2.24, 2.45) is 5.41 Å². The monoisotopic (exact) mass is 555 g/mol. The molecular formula is C33H66N2O4. The van der Waals surface area contributed by atoms with Crippen LogP contribution in [0.25, 0.3) is 0 Å². The molecule has 0 bridgehead atoms. The summed E-state index contributed by atoms with van der Waals surface area (Å²) in [5.74, 6) is 0.230. The SMILES string of the molecule is CCCCCCCCCCOCC(CCC(=O)N(C)C)(CCC(=O)N(C)C)COCCCCCCCCCC. The number of hydrogen-bond donors (Lipinski definition) is 0. The Balaban J connectivity index is 4.85. The normalized spacial score (nSPS) is 11.6. The molecule has 0 aromatic rings. The van der Waals surface area contributed by atoms with Crippen LogP contribution in [0.3, 0.4) is 0 Å². The van der Waals surface area contributed by atoms with Crippen molar-refractivity contribution in [3.63, 3.8) is 0 Å². The lowest BCUT2D eigenvalue weighted by atomic mass is 9.80. The van der Waals surface area contributed by atoms with Crippen LogP contribution < -0.4 is 0 Å². The fraction of sp³-hybridized carbons (Fsp3) is 0.939. The minimum atomic E-state index is -0.322. The van der Waals surface area contributed by atoms with Crippen molar-refractivity contribution in [1.29, 1.82) is 0 Å². The van der Waals surface area contributed by atoms with Gasteiger partial charge in [-0.3, -0.25) is 9.59 Å². The van der Waals surface area contributed by atoms with E-state index >= 15 is 0 Å². The number of carbonyl (C=O) groups is 2. The molecule has 6 nitrogen and oxygen atoms in total. The van der Waals surface area contributed by atoms with Gasteiger partial charge in [0.2, 0.25) is 11.8 Å². The molecule has 2 amide bonds. The number of rotatable bonds is 28. The molecule has 0 aliphatic rings. The average molecular weight is 555 g/mol. The highest BCUT2D eigenvalue weighted by molar-refractivity contribution is 5.76. The van der Waals surface area contributed by atoms with E-state index in [0.29, 0.717) is 38.9 Å². The molecule has 0 aliphatic heterocycles. The second-order valence-corrected chi connectivity index (χ2v) is 12.1. The predicted molar refractivity (Wildman–Crippen MR) is 165 cm³/mol. The molecule has 232 valence electrons. The van der Waals surface area contributed by atoms with E-state index in [1.807, 2.05) is 0 Å². The second-order valence-electron chi connectivity index (χ2n) is 12.1. The molecule has 0 aliphatic carbocycles. The van der Waals surface area contributed by atoms with Gasteiger partial charge in [-0.1, -0.05) is 104 Å². The van der Waals surface area contributed by atoms with Gasteiger partial charge < -0.3 is 19.3 Å². The first kappa shape index (κ1) is 37.9. The topological polar surface area (TPSA) is 59.1 Å². The Labute approximate surface area is 242 Å². The van der Waals surface area contributed by atoms with Crippen LogP contribution in [-0.4, -0.2) is 76.2 Å². The zero-order chi connectivity index (χ0) is 29.2. The van der Waals surface area contributed by atoms with E-state index < -0.39 is 0 Å². The van der Waals surface area contributed by atoms with E-state index in [1.54, 1.807) is 38.0 Å². The molecule has 0 aromatic heterocycles. The lowest BCUT2D eigenvalue weighted by Crippen LogP contribution is -2.36. The molecule has 0 heterocycles. The summed E-state index contributed by atoms with van der Waals surface area (Å²) in [4.78, 5) is 28.3. The Kier molecular flexibility index (Phi) is 25.0. The number of ether oxygens (including phenoxy) is 2. The summed E-state index contributed by atoms with van der Waals surface area (Å²) in [6, 6.07) is 0. The van der Waals surface area contributed by atoms with Gasteiger partial charge in [-0.25, -0.2) is 0 Å². The smallest absolute Gasteiger partial charge is 0.222 e. The van der Waals surface area contributed by atoms with Crippen LogP contribution in [0.1, 0.15) is 142 Å². The van der Waals surface area contributed by atoms with Gasteiger partial charge >= 0.3 is 0 Å². The molecule has 0 saturated carbocycles. The highest BCUT2D eigenvalue weighted by Crippen LogP contribution is 2.32. The molecular weight excluding hydrogens is 488 g/mol. The maximum absolute atomic E-state index is 12.5. The Bertz CT molecular complexity index is 530. The zero-order valence-corrected chi connectivity index (χ0v) is 27.0. The van der Waals surface area contributed by atoms with Crippen LogP contribution in [0.15, 0.2) is 0 Å². The van der Waals surface area contributed by atoms with Gasteiger partial charge in [0.1, 0.15) is 0 Å². The fourth-order valence-electron chi connectivity index (χ4n) is 4.90. The minimum absolute atomic E-state index is 0.115. The molecule has 6 heteroatoms. The Morgan fingerprint density at radius 3 is 1.13 bits per heavy atom. The van der Waals surface area contributed by atoms with Crippen molar-refractivity contribution in [1.82, 2.24) is 9.80 Å². The fourth-order valence-corrected chi connectivity index (χ4v) is 4.90. The predicted octanol–water partition coefficient (Wildman–Crippen LogP) is 8.02. The Morgan fingerprint density at radius 2 is 0.821 bits per heavy atom. The highest BCUT2D eigenvalue weighted by Gasteiger charge is 2.33. The van der Waals surface area contributed by atoms with E-state index in [0.717, 1.165) is 26.1 Å². The van der Waals surface area contributed by atoms with E-state index in [1.165, 1.54) is 89.9 Å². The van der Waals surface area contributed by atoms with Crippen molar-refractivity contribution in [3.05, 3.63) is 0 Å². The molecule has 0 rings (SSSR count). The second kappa shape index (κ2) is 25.8. The molecule has 0 aromatic carbocycles. The third-order valence-electron chi connectivity index (χ3n) is 7.84. The molecule has 0 unspecified atom stereocenters. The summed E-state index contributed by atoms with van der Waals surface area (Å²) in [5.41, 5.74) is -0.322. The van der Waals surface area contributed by atoms with Gasteiger partial charge in [0.05, 0.1) is 13.2 Å². The van der Waals surface area contributed by atoms with Crippen LogP contribution in [0.4, 0.5) is 0 Å². The van der Waals surface area contributed by atoms with Crippen molar-refractivity contribution < 1.29 is 19.1 Å². The van der Waals surface area contributed by atoms with Gasteiger partial charge in [-0.15, -0.1) is 0 Å². The van der Waals surface area contributed by atoms with E-state index in [-0.39, 0.29) is 17.2 Å². The first-order valence-electron chi connectivity index (χ1n) is 16.3. The lowest BCUT2D eigenvalue weighted by Gasteiger charge is -2.34. The van der Waals surface area contributed by atoms with E-state index in [2.05, 4.69) is 13.8 Å². The lowest BCUT2D eigenvalue weighted by molar-refractivity contribution is -0.131. The number of carbonyl (C=O) groups excluding carboxylic acids is 2. The first-order chi connectivity index (χ1) is 18.8. The van der Waals surface area contributed by atoms with Gasteiger partial charge in [-0.05, 0) is 25.7 Å². The van der Waals surface area contributed by atoms with Crippen LogP contribution in [-0.2, 0) is 19.1 Å². The maximum atomic E-state index is 12.5. The van der Waals surface area contributed by atoms with E-state index in [4.69, 9.17) is 9.47 Å². The number of hydrogen-bond acceptors (Lipinski definition) is 4. The summed E-state index contributed by atoms with van der Waals surface area (Å²) in [6.45, 7) is 7.07. The van der Waals surface area contributed by atoms with Crippen molar-refractivity contribution in [2.45, 2.75) is 142 Å². The largest absolute Gasteiger partial charge is 0.381 e. The van der Waals surface area contributed by atoms with E-state index in [9.17, 15) is 9.59 Å². The van der Waals surface area contributed by atoms with Gasteiger partial charge in [0.15, 0.2) is 0 Å². The molecule has 0 saturated heterocycles. The zero-order valence-electron chi connectivity index (χ0n) is 27.0. The number of amides is 2. The van der Waals surface area contributed by atoms with Gasteiger partial charge in [0, 0.05) is 59.7 Å². The van der Waals surface area contributed by atoms with Crippen LogP contribution >= 0.6 is 0 Å². The van der Waals surface area contributed by atoms with Gasteiger partial charge in [0.25, 0.3) is 0 Å². The quantitative estimate of drug-likeness (QED) is 0.0919. The summed E-state index contributed by atoms with van der Waals surface area (Å²) < 4.78 is 12.5. The van der Waals surface area contributed by atoms with Gasteiger partial charge in [-0.2, -0.15) is 0 Å². The molecule has 0 spiro atoms. The standard InChI is InChI=1S/C33H66N2O4/c1-7-9-11-13-15-17-19-21-27-38-29-33(25-23-31(36)34(3)4,26-24-32(37)35(5)6)30-39-28-22-20-18-16-14-12-10-8-2/h7-30H2,1-6H3. The van der Waals surface area contributed by atoms with Crippen LogP contribution in [0.5, 0.6) is 0 Å². The van der Waals surface area contributed by atoms with Crippen LogP contribution in [0, 0.1) is 5.41 Å². The molecule has 0 atom stereocenters. The summed E-state index contributed by atoms with van der Waals surface area (Å²) >= 11 is 0. The highest BCUT2D eigenvalue weighted by atomic mass is 16.5. The Hall–Kier alpha value is -1.14. The summed E-state index contributed by atoms with van der Waals surface area (Å²) in [7, 11) is 7.21. The van der Waals surface area contributed by atoms with Crippen LogP contribution in [0.2, 0.25) is 0 Å². The summed E-state index contributed by atoms with van der Waals surface area (Å²) in [5, 5.41) is 0. The van der Waals surface area contributed by atoms with Crippen molar-refractivity contribution in [3.8, 4) is 0 Å². The molecule has 0 N–H and O–H groups in total. The number of unbranched alkanes of at least 4 members (excludes halogenated alkanes) is 14. The number of nitrogens with zero attached hydrogens (tertiary/aromatic N) is 2. The Morgan fingerprint density at radius 1 is 0.513 bits per heavy atom. The maximum Gasteiger partial charge on any atom is 0.222 e. The third-order valence-corrected chi connectivity index (χ3v) is 7.84.